The maximum atomic E-state index is 5.61. The van der Waals surface area contributed by atoms with Crippen molar-refractivity contribution in [2.24, 2.45) is 0 Å². The molecule has 0 saturated heterocycles. The average molecular weight is 321 g/mol. The van der Waals surface area contributed by atoms with Gasteiger partial charge in [0.1, 0.15) is 5.75 Å². The fraction of sp³-hybridized carbons (Fsp3) is 0.333. The van der Waals surface area contributed by atoms with Crippen molar-refractivity contribution in [2.45, 2.75) is 31.5 Å². The Labute approximate surface area is 122 Å². The van der Waals surface area contributed by atoms with Crippen molar-refractivity contribution in [1.29, 1.82) is 0 Å². The van der Waals surface area contributed by atoms with Crippen LogP contribution in [0, 0.1) is 0 Å². The molecule has 0 amide bonds. The molecule has 3 nitrogen and oxygen atoms in total. The highest BCUT2D eigenvalue weighted by Gasteiger charge is 2.13. The Kier molecular flexibility index (Phi) is 4.20. The highest BCUT2D eigenvalue weighted by atomic mass is 79.9. The Balaban J connectivity index is 2.10. The summed E-state index contributed by atoms with van der Waals surface area (Å²) in [6.07, 6.45) is 3.50. The lowest BCUT2D eigenvalue weighted by Crippen LogP contribution is -2.10. The van der Waals surface area contributed by atoms with E-state index in [2.05, 4.69) is 58.8 Å². The number of nitrogens with zero attached hydrogens (tertiary/aromatic N) is 2. The molecule has 0 radical (unpaired) electrons. The molecule has 2 rings (SSSR count). The van der Waals surface area contributed by atoms with Gasteiger partial charge < -0.3 is 4.74 Å². The molecule has 0 bridgehead atoms. The van der Waals surface area contributed by atoms with Crippen molar-refractivity contribution < 1.29 is 4.74 Å². The molecule has 0 N–H and O–H groups in total. The largest absolute Gasteiger partial charge is 0.424 e. The predicted molar refractivity (Wildman–Crippen MR) is 79.9 cm³/mol. The molecular formula is C15H17BrN2O. The van der Waals surface area contributed by atoms with Gasteiger partial charge in [-0.05, 0) is 28.7 Å². The van der Waals surface area contributed by atoms with Crippen LogP contribution in [-0.2, 0) is 10.7 Å². The average Bonchev–Trinajstić information content (AvgIpc) is 2.39. The van der Waals surface area contributed by atoms with Gasteiger partial charge in [-0.1, -0.05) is 48.8 Å². The number of aromatic nitrogens is 2. The highest BCUT2D eigenvalue weighted by Crippen LogP contribution is 2.25. The maximum Gasteiger partial charge on any atom is 0.321 e. The van der Waals surface area contributed by atoms with Gasteiger partial charge in [0.25, 0.3) is 0 Å². The minimum atomic E-state index is 0.145. The molecule has 19 heavy (non-hydrogen) atoms. The van der Waals surface area contributed by atoms with Crippen LogP contribution in [0.2, 0.25) is 0 Å². The van der Waals surface area contributed by atoms with Gasteiger partial charge in [-0.2, -0.15) is 0 Å². The van der Waals surface area contributed by atoms with Crippen LogP contribution in [0.4, 0.5) is 0 Å². The smallest absolute Gasteiger partial charge is 0.321 e. The number of benzene rings is 1. The Morgan fingerprint density at radius 1 is 1.05 bits per heavy atom. The molecule has 0 unspecified atom stereocenters. The zero-order valence-corrected chi connectivity index (χ0v) is 12.9. The van der Waals surface area contributed by atoms with E-state index >= 15 is 0 Å². The molecule has 0 aliphatic rings. The van der Waals surface area contributed by atoms with E-state index in [4.69, 9.17) is 4.74 Å². The Hall–Kier alpha value is -1.42. The number of halogens is 1. The molecule has 0 spiro atoms. The fourth-order valence-corrected chi connectivity index (χ4v) is 1.88. The van der Waals surface area contributed by atoms with E-state index in [1.165, 1.54) is 5.56 Å². The van der Waals surface area contributed by atoms with Crippen LogP contribution in [0.15, 0.2) is 36.7 Å². The molecule has 0 fully saturated rings. The quantitative estimate of drug-likeness (QED) is 0.783. The second kappa shape index (κ2) is 5.70. The third-order valence-corrected chi connectivity index (χ3v) is 3.41. The molecule has 1 aromatic carbocycles. The van der Waals surface area contributed by atoms with Gasteiger partial charge in [0.15, 0.2) is 0 Å². The Bertz CT molecular complexity index is 530. The minimum Gasteiger partial charge on any atom is -0.424 e. The second-order valence-electron chi connectivity index (χ2n) is 5.38. The third-order valence-electron chi connectivity index (χ3n) is 2.77. The zero-order chi connectivity index (χ0) is 13.9. The monoisotopic (exact) mass is 320 g/mol. The maximum absolute atomic E-state index is 5.61. The fourth-order valence-electron chi connectivity index (χ4n) is 1.59. The number of alkyl halides is 1. The van der Waals surface area contributed by atoms with Crippen LogP contribution in [0.1, 0.15) is 31.9 Å². The van der Waals surface area contributed by atoms with Gasteiger partial charge >= 0.3 is 6.01 Å². The molecule has 1 aromatic heterocycles. The summed E-state index contributed by atoms with van der Waals surface area (Å²) in [6.45, 7) is 6.56. The van der Waals surface area contributed by atoms with Gasteiger partial charge in [0.05, 0.1) is 0 Å². The molecule has 1 heterocycles. The number of hydrogen-bond donors (Lipinski definition) is 0. The molecule has 0 aliphatic heterocycles. The van der Waals surface area contributed by atoms with Crippen molar-refractivity contribution in [1.82, 2.24) is 9.97 Å². The summed E-state index contributed by atoms with van der Waals surface area (Å²) in [7, 11) is 0. The zero-order valence-electron chi connectivity index (χ0n) is 11.4. The SMILES string of the molecule is CC(C)(C)c1ccc(Oc2ncc(CBr)cn2)cc1. The first-order valence-corrected chi connectivity index (χ1v) is 7.26. The standard InChI is InChI=1S/C15H17BrN2O/c1-15(2,3)12-4-6-13(7-5-12)19-14-17-9-11(8-16)10-18-14/h4-7,9-10H,8H2,1-3H3. The van der Waals surface area contributed by atoms with Gasteiger partial charge in [-0.15, -0.1) is 0 Å². The van der Waals surface area contributed by atoms with Crippen molar-refractivity contribution in [3.05, 3.63) is 47.8 Å². The van der Waals surface area contributed by atoms with E-state index in [0.717, 1.165) is 16.6 Å². The van der Waals surface area contributed by atoms with Crippen LogP contribution >= 0.6 is 15.9 Å². The topological polar surface area (TPSA) is 35.0 Å². The summed E-state index contributed by atoms with van der Waals surface area (Å²) in [6, 6.07) is 8.41. The first kappa shape index (κ1) is 14.0. The Morgan fingerprint density at radius 2 is 1.63 bits per heavy atom. The molecule has 0 saturated carbocycles. The predicted octanol–water partition coefficient (Wildman–Crippen LogP) is 4.46. The van der Waals surface area contributed by atoms with Crippen LogP contribution in [0.25, 0.3) is 0 Å². The molecule has 2 aromatic rings. The summed E-state index contributed by atoms with van der Waals surface area (Å²) < 4.78 is 5.61. The van der Waals surface area contributed by atoms with E-state index in [1.54, 1.807) is 12.4 Å². The van der Waals surface area contributed by atoms with Gasteiger partial charge in [-0.3, -0.25) is 0 Å². The number of hydrogen-bond acceptors (Lipinski definition) is 3. The lowest BCUT2D eigenvalue weighted by Gasteiger charge is -2.18. The van der Waals surface area contributed by atoms with Crippen molar-refractivity contribution in [2.75, 3.05) is 0 Å². The van der Waals surface area contributed by atoms with Crippen LogP contribution in [0.5, 0.6) is 11.8 Å². The van der Waals surface area contributed by atoms with Crippen molar-refractivity contribution in [3.63, 3.8) is 0 Å². The summed E-state index contributed by atoms with van der Waals surface area (Å²) >= 11 is 3.35. The van der Waals surface area contributed by atoms with Gasteiger partial charge in [0, 0.05) is 17.7 Å². The van der Waals surface area contributed by atoms with Crippen LogP contribution < -0.4 is 4.74 Å². The summed E-state index contributed by atoms with van der Waals surface area (Å²) in [5, 5.41) is 0.744. The second-order valence-corrected chi connectivity index (χ2v) is 5.94. The van der Waals surface area contributed by atoms with Crippen molar-refractivity contribution >= 4 is 15.9 Å². The number of ether oxygens (including phenoxy) is 1. The van der Waals surface area contributed by atoms with E-state index in [1.807, 2.05) is 12.1 Å². The van der Waals surface area contributed by atoms with E-state index in [0.29, 0.717) is 6.01 Å². The Morgan fingerprint density at radius 3 is 2.11 bits per heavy atom. The lowest BCUT2D eigenvalue weighted by molar-refractivity contribution is 0.440. The summed E-state index contributed by atoms with van der Waals surface area (Å²) in [5.74, 6) is 0.750. The molecule has 0 atom stereocenters. The number of rotatable bonds is 3. The van der Waals surface area contributed by atoms with Gasteiger partial charge in [-0.25, -0.2) is 9.97 Å². The summed E-state index contributed by atoms with van der Waals surface area (Å²) in [4.78, 5) is 8.31. The molecular weight excluding hydrogens is 304 g/mol. The molecule has 100 valence electrons. The minimum absolute atomic E-state index is 0.145. The van der Waals surface area contributed by atoms with Crippen molar-refractivity contribution in [3.8, 4) is 11.8 Å². The summed E-state index contributed by atoms with van der Waals surface area (Å²) in [5.41, 5.74) is 2.44. The van der Waals surface area contributed by atoms with E-state index < -0.39 is 0 Å². The van der Waals surface area contributed by atoms with Gasteiger partial charge in [0.2, 0.25) is 0 Å². The molecule has 0 aliphatic carbocycles. The van der Waals surface area contributed by atoms with Crippen LogP contribution in [0.3, 0.4) is 0 Å². The third kappa shape index (κ3) is 3.77. The lowest BCUT2D eigenvalue weighted by atomic mass is 9.87. The highest BCUT2D eigenvalue weighted by molar-refractivity contribution is 9.08. The first-order chi connectivity index (χ1) is 8.99. The molecule has 4 heteroatoms. The van der Waals surface area contributed by atoms with E-state index in [9.17, 15) is 0 Å². The van der Waals surface area contributed by atoms with E-state index in [-0.39, 0.29) is 5.41 Å². The normalized spacial score (nSPS) is 11.4. The first-order valence-electron chi connectivity index (χ1n) is 6.14. The van der Waals surface area contributed by atoms with Crippen LogP contribution in [-0.4, -0.2) is 9.97 Å².